The fourth-order valence-corrected chi connectivity index (χ4v) is 2.97. The second-order valence-corrected chi connectivity index (χ2v) is 6.77. The van der Waals surface area contributed by atoms with Crippen molar-refractivity contribution in [2.24, 2.45) is 0 Å². The molecule has 0 aliphatic heterocycles. The van der Waals surface area contributed by atoms with Gasteiger partial charge < -0.3 is 24.1 Å². The van der Waals surface area contributed by atoms with E-state index in [4.69, 9.17) is 14.2 Å². The van der Waals surface area contributed by atoms with Crippen molar-refractivity contribution >= 4 is 11.6 Å². The Morgan fingerprint density at radius 3 is 2.48 bits per heavy atom. The second-order valence-electron chi connectivity index (χ2n) is 6.77. The van der Waals surface area contributed by atoms with Gasteiger partial charge in [-0.2, -0.15) is 0 Å². The van der Waals surface area contributed by atoms with Crippen LogP contribution in [0.25, 0.3) is 0 Å². The van der Waals surface area contributed by atoms with Crippen LogP contribution < -0.4 is 25.0 Å². The number of nitrogens with zero attached hydrogens (tertiary/aromatic N) is 1. The lowest BCUT2D eigenvalue weighted by molar-refractivity contribution is -0.116. The lowest BCUT2D eigenvalue weighted by Gasteiger charge is -2.14. The van der Waals surface area contributed by atoms with Crippen LogP contribution in [-0.4, -0.2) is 24.7 Å². The zero-order valence-electron chi connectivity index (χ0n) is 17.5. The number of amides is 1. The number of benzene rings is 2. The molecular formula is C23H23FN2O5. The van der Waals surface area contributed by atoms with Gasteiger partial charge in [-0.1, -0.05) is 18.2 Å². The predicted octanol–water partition coefficient (Wildman–Crippen LogP) is 3.53. The molecule has 0 fully saturated rings. The van der Waals surface area contributed by atoms with E-state index in [1.165, 1.54) is 32.5 Å². The molecule has 3 rings (SSSR count). The molecule has 0 radical (unpaired) electrons. The van der Waals surface area contributed by atoms with Crippen molar-refractivity contribution in [3.63, 3.8) is 0 Å². The zero-order chi connectivity index (χ0) is 22.4. The number of halogens is 1. The van der Waals surface area contributed by atoms with Crippen LogP contribution in [0.1, 0.15) is 11.3 Å². The van der Waals surface area contributed by atoms with Gasteiger partial charge in [0.05, 0.1) is 20.4 Å². The maximum absolute atomic E-state index is 13.8. The number of carbonyl (C=O) groups is 1. The van der Waals surface area contributed by atoms with Gasteiger partial charge in [0.2, 0.25) is 11.3 Å². The van der Waals surface area contributed by atoms with Gasteiger partial charge in [0.15, 0.2) is 17.2 Å². The third-order valence-electron chi connectivity index (χ3n) is 4.63. The second kappa shape index (κ2) is 9.80. The highest BCUT2D eigenvalue weighted by Gasteiger charge is 2.12. The lowest BCUT2D eigenvalue weighted by Crippen LogP contribution is -2.22. The van der Waals surface area contributed by atoms with Crippen LogP contribution in [0.3, 0.4) is 0 Å². The molecule has 0 aliphatic rings. The molecule has 0 unspecified atom stereocenters. The summed E-state index contributed by atoms with van der Waals surface area (Å²) in [6, 6.07) is 12.6. The Bertz CT molecular complexity index is 1140. The number of hydrogen-bond donors (Lipinski definition) is 1. The van der Waals surface area contributed by atoms with E-state index >= 15 is 0 Å². The Balaban J connectivity index is 1.72. The number of anilines is 1. The number of rotatable bonds is 8. The first-order valence-corrected chi connectivity index (χ1v) is 9.50. The van der Waals surface area contributed by atoms with Crippen molar-refractivity contribution in [1.82, 2.24) is 4.57 Å². The number of hydrogen-bond acceptors (Lipinski definition) is 5. The van der Waals surface area contributed by atoms with Gasteiger partial charge in [0.1, 0.15) is 19.0 Å². The molecule has 2 aromatic carbocycles. The fraction of sp³-hybridized carbons (Fsp3) is 0.217. The molecule has 7 nitrogen and oxygen atoms in total. The molecule has 0 bridgehead atoms. The summed E-state index contributed by atoms with van der Waals surface area (Å²) in [5.41, 5.74) is 1.12. The molecule has 1 aromatic heterocycles. The summed E-state index contributed by atoms with van der Waals surface area (Å²) in [7, 11) is 3.04. The van der Waals surface area contributed by atoms with Gasteiger partial charge in [0, 0.05) is 29.1 Å². The third-order valence-corrected chi connectivity index (χ3v) is 4.63. The monoisotopic (exact) mass is 426 g/mol. The average Bonchev–Trinajstić information content (AvgIpc) is 2.75. The standard InChI is InChI=1S/C23H23FN2O5/c1-15-10-19(27)22(31-14-16-6-4-5-7-18(16)24)12-26(15)13-23(28)25-17-8-9-20(29-2)21(11-17)30-3/h4-12H,13-14H2,1-3H3,(H,25,28). The van der Waals surface area contributed by atoms with E-state index in [0.29, 0.717) is 28.4 Å². The summed E-state index contributed by atoms with van der Waals surface area (Å²) in [6.07, 6.45) is 1.45. The number of methoxy groups -OCH3 is 2. The molecule has 0 spiro atoms. The molecule has 8 heteroatoms. The minimum Gasteiger partial charge on any atom is -0.493 e. The van der Waals surface area contributed by atoms with Crippen molar-refractivity contribution in [3.8, 4) is 17.2 Å². The Labute approximate surface area is 179 Å². The number of nitrogens with one attached hydrogen (secondary N) is 1. The number of aryl methyl sites for hydroxylation is 1. The summed E-state index contributed by atoms with van der Waals surface area (Å²) >= 11 is 0. The Morgan fingerprint density at radius 2 is 1.77 bits per heavy atom. The summed E-state index contributed by atoms with van der Waals surface area (Å²) in [5, 5.41) is 2.78. The smallest absolute Gasteiger partial charge is 0.244 e. The van der Waals surface area contributed by atoms with E-state index in [1.54, 1.807) is 47.9 Å². The number of carbonyl (C=O) groups excluding carboxylic acids is 1. The Morgan fingerprint density at radius 1 is 1.03 bits per heavy atom. The highest BCUT2D eigenvalue weighted by Crippen LogP contribution is 2.29. The van der Waals surface area contributed by atoms with E-state index in [-0.39, 0.29) is 30.2 Å². The van der Waals surface area contributed by atoms with Crippen LogP contribution in [0, 0.1) is 12.7 Å². The molecule has 0 aliphatic carbocycles. The van der Waals surface area contributed by atoms with Gasteiger partial charge >= 0.3 is 0 Å². The minimum atomic E-state index is -0.413. The van der Waals surface area contributed by atoms with Crippen LogP contribution in [-0.2, 0) is 17.9 Å². The average molecular weight is 426 g/mol. The van der Waals surface area contributed by atoms with Crippen molar-refractivity contribution in [2.45, 2.75) is 20.1 Å². The SMILES string of the molecule is COc1ccc(NC(=O)Cn2cc(OCc3ccccc3F)c(=O)cc2C)cc1OC. The molecule has 1 amide bonds. The van der Waals surface area contributed by atoms with Crippen LogP contribution in [0.2, 0.25) is 0 Å². The van der Waals surface area contributed by atoms with Crippen LogP contribution in [0.15, 0.2) is 59.5 Å². The highest BCUT2D eigenvalue weighted by atomic mass is 19.1. The van der Waals surface area contributed by atoms with Crippen molar-refractivity contribution in [1.29, 1.82) is 0 Å². The molecule has 0 atom stereocenters. The van der Waals surface area contributed by atoms with Crippen LogP contribution in [0.5, 0.6) is 17.2 Å². The predicted molar refractivity (Wildman–Crippen MR) is 114 cm³/mol. The molecule has 3 aromatic rings. The van der Waals surface area contributed by atoms with E-state index in [0.717, 1.165) is 0 Å². The minimum absolute atomic E-state index is 0.0350. The topological polar surface area (TPSA) is 78.8 Å². The normalized spacial score (nSPS) is 10.5. The van der Waals surface area contributed by atoms with Gasteiger partial charge in [0.25, 0.3) is 0 Å². The molecule has 162 valence electrons. The number of pyridine rings is 1. The van der Waals surface area contributed by atoms with Gasteiger partial charge in [-0.05, 0) is 25.1 Å². The molecule has 0 saturated carbocycles. The largest absolute Gasteiger partial charge is 0.493 e. The number of ether oxygens (including phenoxy) is 3. The lowest BCUT2D eigenvalue weighted by atomic mass is 10.2. The zero-order valence-corrected chi connectivity index (χ0v) is 17.5. The summed E-state index contributed by atoms with van der Waals surface area (Å²) in [4.78, 5) is 24.8. The maximum Gasteiger partial charge on any atom is 0.244 e. The first-order valence-electron chi connectivity index (χ1n) is 9.50. The van der Waals surface area contributed by atoms with Gasteiger partial charge in [-0.3, -0.25) is 9.59 Å². The Hall–Kier alpha value is -3.81. The summed E-state index contributed by atoms with van der Waals surface area (Å²) in [6.45, 7) is 1.57. The molecule has 1 N–H and O–H groups in total. The van der Waals surface area contributed by atoms with Gasteiger partial charge in [-0.25, -0.2) is 4.39 Å². The quantitative estimate of drug-likeness (QED) is 0.596. The van der Waals surface area contributed by atoms with Crippen LogP contribution in [0.4, 0.5) is 10.1 Å². The van der Waals surface area contributed by atoms with Crippen molar-refractivity contribution in [3.05, 3.63) is 82.0 Å². The van der Waals surface area contributed by atoms with Crippen molar-refractivity contribution < 1.29 is 23.4 Å². The molecule has 31 heavy (non-hydrogen) atoms. The highest BCUT2D eigenvalue weighted by molar-refractivity contribution is 5.91. The summed E-state index contributed by atoms with van der Waals surface area (Å²) < 4.78 is 31.3. The van der Waals surface area contributed by atoms with Gasteiger partial charge in [-0.15, -0.1) is 0 Å². The van der Waals surface area contributed by atoms with E-state index < -0.39 is 5.82 Å². The van der Waals surface area contributed by atoms with E-state index in [2.05, 4.69) is 5.32 Å². The molecular weight excluding hydrogens is 403 g/mol. The number of aromatic nitrogens is 1. The summed E-state index contributed by atoms with van der Waals surface area (Å²) in [5.74, 6) is 0.355. The van der Waals surface area contributed by atoms with E-state index in [9.17, 15) is 14.0 Å². The first-order chi connectivity index (χ1) is 14.9. The molecule has 1 heterocycles. The van der Waals surface area contributed by atoms with Crippen LogP contribution >= 0.6 is 0 Å². The Kier molecular flexibility index (Phi) is 6.92. The van der Waals surface area contributed by atoms with E-state index in [1.807, 2.05) is 0 Å². The van der Waals surface area contributed by atoms with Crippen molar-refractivity contribution in [2.75, 3.05) is 19.5 Å². The maximum atomic E-state index is 13.8. The first kappa shape index (κ1) is 21.9. The third kappa shape index (κ3) is 5.42. The molecule has 0 saturated heterocycles. The fourth-order valence-electron chi connectivity index (χ4n) is 2.97.